The third-order valence-corrected chi connectivity index (χ3v) is 1.34. The van der Waals surface area contributed by atoms with Crippen molar-refractivity contribution in [3.63, 3.8) is 0 Å². The van der Waals surface area contributed by atoms with Crippen LogP contribution in [0.4, 0.5) is 5.95 Å². The first-order chi connectivity index (χ1) is 5.58. The Bertz CT molecular complexity index is 295. The number of nitrogens with zero attached hydrogens (tertiary/aromatic N) is 2. The van der Waals surface area contributed by atoms with Crippen LogP contribution >= 0.6 is 23.2 Å². The summed E-state index contributed by atoms with van der Waals surface area (Å²) in [6, 6.07) is 1.38. The van der Waals surface area contributed by atoms with Gasteiger partial charge in [0.05, 0.1) is 0 Å². The van der Waals surface area contributed by atoms with Crippen molar-refractivity contribution in [2.45, 2.75) is 6.92 Å². The number of hydrogen-bond acceptors (Lipinski definition) is 3. The molecular weight excluding hydrogens is 201 g/mol. The topological polar surface area (TPSA) is 54.9 Å². The Morgan fingerprint density at radius 1 is 1.42 bits per heavy atom. The van der Waals surface area contributed by atoms with E-state index < -0.39 is 0 Å². The summed E-state index contributed by atoms with van der Waals surface area (Å²) < 4.78 is 0. The highest BCUT2D eigenvalue weighted by Gasteiger charge is 2.01. The van der Waals surface area contributed by atoms with Crippen molar-refractivity contribution < 1.29 is 4.79 Å². The van der Waals surface area contributed by atoms with Gasteiger partial charge in [0.1, 0.15) is 10.3 Å². The van der Waals surface area contributed by atoms with Crippen molar-refractivity contribution in [1.29, 1.82) is 0 Å². The van der Waals surface area contributed by atoms with Gasteiger partial charge in [-0.15, -0.1) is 0 Å². The fourth-order valence-electron chi connectivity index (χ4n) is 0.604. The molecule has 1 heterocycles. The van der Waals surface area contributed by atoms with Crippen LogP contribution in [0.25, 0.3) is 0 Å². The minimum atomic E-state index is -0.270. The van der Waals surface area contributed by atoms with E-state index in [2.05, 4.69) is 15.3 Å². The first kappa shape index (κ1) is 9.22. The Hall–Kier alpha value is -0.870. The summed E-state index contributed by atoms with van der Waals surface area (Å²) >= 11 is 11.1. The van der Waals surface area contributed by atoms with Gasteiger partial charge in [0.15, 0.2) is 0 Å². The first-order valence-electron chi connectivity index (χ1n) is 3.05. The summed E-state index contributed by atoms with van der Waals surface area (Å²) in [5.74, 6) is -0.159. The second-order valence-electron chi connectivity index (χ2n) is 2.02. The van der Waals surface area contributed by atoms with Crippen LogP contribution in [-0.4, -0.2) is 15.9 Å². The van der Waals surface area contributed by atoms with Gasteiger partial charge in [0.2, 0.25) is 11.9 Å². The van der Waals surface area contributed by atoms with Crippen LogP contribution in [0.5, 0.6) is 0 Å². The van der Waals surface area contributed by atoms with Crippen LogP contribution in [0.1, 0.15) is 6.92 Å². The molecule has 4 nitrogen and oxygen atoms in total. The van der Waals surface area contributed by atoms with Crippen LogP contribution < -0.4 is 5.32 Å². The predicted molar refractivity (Wildman–Crippen MR) is 46.4 cm³/mol. The molecule has 0 saturated carbocycles. The Labute approximate surface area is 78.9 Å². The van der Waals surface area contributed by atoms with Gasteiger partial charge in [-0.2, -0.15) is 0 Å². The maximum atomic E-state index is 10.6. The van der Waals surface area contributed by atoms with Crippen molar-refractivity contribution in [3.8, 4) is 0 Å². The average Bonchev–Trinajstić information content (AvgIpc) is 1.81. The molecular formula is C6H5Cl2N3O. The molecule has 6 heteroatoms. The number of nitrogens with one attached hydrogen (secondary N) is 1. The smallest absolute Gasteiger partial charge is 0.232 e. The Morgan fingerprint density at radius 3 is 2.33 bits per heavy atom. The number of carbonyl (C=O) groups excluding carboxylic acids is 1. The predicted octanol–water partition coefficient (Wildman–Crippen LogP) is 1.74. The van der Waals surface area contributed by atoms with Crippen LogP contribution in [0.15, 0.2) is 6.07 Å². The molecule has 0 radical (unpaired) electrons. The van der Waals surface area contributed by atoms with Crippen LogP contribution in [0.2, 0.25) is 10.3 Å². The van der Waals surface area contributed by atoms with Crippen LogP contribution in [-0.2, 0) is 4.79 Å². The molecule has 0 aromatic carbocycles. The zero-order valence-electron chi connectivity index (χ0n) is 6.14. The second kappa shape index (κ2) is 3.69. The van der Waals surface area contributed by atoms with Gasteiger partial charge in [0, 0.05) is 13.0 Å². The van der Waals surface area contributed by atoms with Crippen molar-refractivity contribution in [1.82, 2.24) is 9.97 Å². The number of anilines is 1. The van der Waals surface area contributed by atoms with Crippen molar-refractivity contribution in [3.05, 3.63) is 16.4 Å². The third-order valence-electron chi connectivity index (χ3n) is 0.951. The monoisotopic (exact) mass is 205 g/mol. The molecule has 0 atom stereocenters. The summed E-state index contributed by atoms with van der Waals surface area (Å²) in [5.41, 5.74) is 0. The summed E-state index contributed by atoms with van der Waals surface area (Å²) in [4.78, 5) is 18.0. The zero-order valence-corrected chi connectivity index (χ0v) is 7.65. The Balaban J connectivity index is 2.93. The highest BCUT2D eigenvalue weighted by molar-refractivity contribution is 6.33. The van der Waals surface area contributed by atoms with Crippen molar-refractivity contribution in [2.24, 2.45) is 0 Å². The van der Waals surface area contributed by atoms with Gasteiger partial charge in [-0.05, 0) is 0 Å². The molecule has 12 heavy (non-hydrogen) atoms. The lowest BCUT2D eigenvalue weighted by atomic mass is 10.6. The van der Waals surface area contributed by atoms with Gasteiger partial charge in [-0.3, -0.25) is 10.1 Å². The summed E-state index contributed by atoms with van der Waals surface area (Å²) in [6.07, 6.45) is 0. The molecule has 0 bridgehead atoms. The highest BCUT2D eigenvalue weighted by Crippen LogP contribution is 2.13. The lowest BCUT2D eigenvalue weighted by Gasteiger charge is -1.99. The normalized spacial score (nSPS) is 9.58. The molecule has 0 spiro atoms. The first-order valence-corrected chi connectivity index (χ1v) is 3.81. The van der Waals surface area contributed by atoms with Gasteiger partial charge in [0.25, 0.3) is 0 Å². The lowest BCUT2D eigenvalue weighted by molar-refractivity contribution is -0.114. The van der Waals surface area contributed by atoms with Crippen LogP contribution in [0.3, 0.4) is 0 Å². The molecule has 0 fully saturated rings. The average molecular weight is 206 g/mol. The molecule has 1 rings (SSSR count). The molecule has 1 N–H and O–H groups in total. The molecule has 0 aliphatic carbocycles. The number of aromatic nitrogens is 2. The minimum absolute atomic E-state index is 0.111. The van der Waals surface area contributed by atoms with E-state index >= 15 is 0 Å². The van der Waals surface area contributed by atoms with E-state index in [1.807, 2.05) is 0 Å². The maximum absolute atomic E-state index is 10.6. The van der Waals surface area contributed by atoms with Crippen molar-refractivity contribution in [2.75, 3.05) is 5.32 Å². The van der Waals surface area contributed by atoms with E-state index in [1.165, 1.54) is 13.0 Å². The standard InChI is InChI=1S/C6H5Cl2N3O/c1-3(12)9-6-10-4(7)2-5(8)11-6/h2H,1H3,(H,9,10,11,12). The van der Waals surface area contributed by atoms with Crippen LogP contribution in [0, 0.1) is 0 Å². The quantitative estimate of drug-likeness (QED) is 0.712. The van der Waals surface area contributed by atoms with Gasteiger partial charge in [-0.1, -0.05) is 23.2 Å². The van der Waals surface area contributed by atoms with E-state index in [1.54, 1.807) is 0 Å². The number of halogens is 2. The van der Waals surface area contributed by atoms with E-state index in [0.29, 0.717) is 0 Å². The highest BCUT2D eigenvalue weighted by atomic mass is 35.5. The third kappa shape index (κ3) is 2.64. The fourth-order valence-corrected chi connectivity index (χ4v) is 1.03. The molecule has 1 aromatic heterocycles. The minimum Gasteiger partial charge on any atom is -0.295 e. The lowest BCUT2D eigenvalue weighted by Crippen LogP contribution is -2.09. The summed E-state index contributed by atoms with van der Waals surface area (Å²) in [5, 5.41) is 2.74. The van der Waals surface area contributed by atoms with Gasteiger partial charge < -0.3 is 0 Å². The van der Waals surface area contributed by atoms with E-state index in [-0.39, 0.29) is 22.2 Å². The largest absolute Gasteiger partial charge is 0.295 e. The van der Waals surface area contributed by atoms with Crippen molar-refractivity contribution >= 4 is 35.1 Å². The summed E-state index contributed by atoms with van der Waals surface area (Å²) in [7, 11) is 0. The SMILES string of the molecule is CC(=O)Nc1nc(Cl)cc(Cl)n1. The van der Waals surface area contributed by atoms with E-state index in [0.717, 1.165) is 0 Å². The fraction of sp³-hybridized carbons (Fsp3) is 0.167. The zero-order chi connectivity index (χ0) is 9.14. The van der Waals surface area contributed by atoms with Gasteiger partial charge >= 0.3 is 0 Å². The number of amides is 1. The molecule has 1 amide bonds. The molecule has 0 saturated heterocycles. The Morgan fingerprint density at radius 2 is 1.92 bits per heavy atom. The molecule has 64 valence electrons. The summed E-state index contributed by atoms with van der Waals surface area (Å²) in [6.45, 7) is 1.35. The molecule has 1 aromatic rings. The number of carbonyl (C=O) groups is 1. The van der Waals surface area contributed by atoms with E-state index in [9.17, 15) is 4.79 Å². The Kier molecular flexibility index (Phi) is 2.83. The maximum Gasteiger partial charge on any atom is 0.232 e. The molecule has 0 aliphatic rings. The molecule has 0 unspecified atom stereocenters. The second-order valence-corrected chi connectivity index (χ2v) is 2.79. The van der Waals surface area contributed by atoms with E-state index in [4.69, 9.17) is 23.2 Å². The molecule has 0 aliphatic heterocycles. The number of hydrogen-bond donors (Lipinski definition) is 1. The number of rotatable bonds is 1. The van der Waals surface area contributed by atoms with Gasteiger partial charge in [-0.25, -0.2) is 9.97 Å².